The first-order valence-corrected chi connectivity index (χ1v) is 0.666. The van der Waals surface area contributed by atoms with Crippen molar-refractivity contribution in [3.8, 4) is 0 Å². The van der Waals surface area contributed by atoms with E-state index in [1.165, 1.54) is 0 Å². The van der Waals surface area contributed by atoms with Crippen LogP contribution in [0.25, 0.3) is 0 Å². The fourth-order valence-electron chi connectivity index (χ4n) is 0. The molecule has 0 aromatic heterocycles. The first kappa shape index (κ1) is 78.3. The Morgan fingerprint density at radius 3 is 1.60 bits per heavy atom. The molecule has 0 saturated carbocycles. The predicted molar refractivity (Wildman–Crippen MR) is 19.2 cm³/mol. The molecule has 28 valence electrons. The fourth-order valence-corrected chi connectivity index (χ4v) is 0. The number of rotatable bonds is 0. The van der Waals surface area contributed by atoms with Crippen LogP contribution in [-0.2, 0) is 0 Å². The van der Waals surface area contributed by atoms with Gasteiger partial charge in [0, 0.05) is 0 Å². The van der Waals surface area contributed by atoms with Crippen molar-refractivity contribution in [2.75, 3.05) is 0 Å². The Balaban J connectivity index is -0.0000000200. The van der Waals surface area contributed by atoms with E-state index in [4.69, 9.17) is 5.11 Å². The molecule has 0 aliphatic heterocycles. The van der Waals surface area contributed by atoms with Crippen LogP contribution in [0.2, 0.25) is 0 Å². The van der Waals surface area contributed by atoms with Crippen LogP contribution in [0.3, 0.4) is 0 Å². The van der Waals surface area contributed by atoms with Crippen LogP contribution in [0.5, 0.6) is 0 Å². The summed E-state index contributed by atoms with van der Waals surface area (Å²) in [6, 6.07) is 0. The van der Waals surface area contributed by atoms with Crippen LogP contribution in [-0.4, -0.2) is 5.11 Å². The van der Waals surface area contributed by atoms with Crippen molar-refractivity contribution in [1.82, 2.24) is 0 Å². The van der Waals surface area contributed by atoms with Crippen molar-refractivity contribution in [3.63, 3.8) is 0 Å². The van der Waals surface area contributed by atoms with Gasteiger partial charge < -0.3 is 12.5 Å². The largest absolute Gasteiger partial charge is 0.516 e. The fraction of sp³-hybridized carbons (Fsp3) is 0. The Morgan fingerprint density at radius 2 is 1.60 bits per heavy atom. The molecule has 0 spiro atoms. The molecule has 1 N–H and O–H groups in total. The van der Waals surface area contributed by atoms with Crippen molar-refractivity contribution in [1.29, 1.82) is 0 Å². The first-order chi connectivity index (χ1) is 1.41. The van der Waals surface area contributed by atoms with E-state index < -0.39 is 0 Å². The Labute approximate surface area is 26.6 Å². The van der Waals surface area contributed by atoms with Crippen LogP contribution < -0.4 is 0 Å². The van der Waals surface area contributed by atoms with E-state index in [2.05, 4.69) is 6.58 Å². The van der Waals surface area contributed by atoms with Crippen molar-refractivity contribution in [2.24, 2.45) is 0 Å². The molecular weight excluding hydrogens is 319 g/mol. The van der Waals surface area contributed by atoms with Gasteiger partial charge in [-0.2, -0.15) is 0 Å². The normalized spacial score (nSPS) is 2.40. The van der Waals surface area contributed by atoms with Gasteiger partial charge in [0.05, 0.1) is 6.26 Å². The van der Waals surface area contributed by atoms with Crippen LogP contribution in [0.1, 0.15) is 0 Å². The zero-order chi connectivity index (χ0) is 2.71. The van der Waals surface area contributed by atoms with Gasteiger partial charge in [0.1, 0.15) is 0 Å². The Bertz CT molecular complexity index is 14.4. The summed E-state index contributed by atoms with van der Waals surface area (Å²) in [6.07, 6.45) is 0.750. The minimum Gasteiger partial charge on any atom is -0.516 e. The zero-order valence-electron chi connectivity index (χ0n) is 3.44. The van der Waals surface area contributed by atoms with E-state index in [-0.39, 0.29) is 7.43 Å². The van der Waals surface area contributed by atoms with E-state index in [1.807, 2.05) is 0 Å². The van der Waals surface area contributed by atoms with Gasteiger partial charge in [-0.05, 0) is 0 Å². The molecule has 0 fully saturated rings. The van der Waals surface area contributed by atoms with Crippen molar-refractivity contribution < 1.29 is 5.11 Å². The van der Waals surface area contributed by atoms with E-state index in [0.717, 1.165) is 6.26 Å². The molecule has 0 aromatic carbocycles. The SMILES string of the molecule is C=CO.[CH3-].[Rf]. The number of aliphatic hydroxyl groups excluding tert-OH is 1. The molecular formula is C3H7ORf-. The van der Waals surface area contributed by atoms with E-state index in [1.54, 1.807) is 0 Å². The average Bonchev–Trinajstić information content (AvgIpc) is 0.918. The number of hydrogen-bond donors (Lipinski definition) is 1. The number of aliphatic hydroxyl groups is 1. The van der Waals surface area contributed by atoms with Gasteiger partial charge in [0.15, 0.2) is 0 Å². The van der Waals surface area contributed by atoms with E-state index >= 15 is 0 Å². The van der Waals surface area contributed by atoms with Gasteiger partial charge >= 0.3 is 0 Å². The van der Waals surface area contributed by atoms with Crippen molar-refractivity contribution in [2.45, 2.75) is 0 Å². The third-order valence-electron chi connectivity index (χ3n) is 0. The molecule has 5 heavy (non-hydrogen) atoms. The van der Waals surface area contributed by atoms with Crippen LogP contribution >= 0.6 is 0 Å². The van der Waals surface area contributed by atoms with Gasteiger partial charge in [-0.1, -0.05) is 6.58 Å². The van der Waals surface area contributed by atoms with E-state index in [9.17, 15) is 0 Å². The maximum absolute atomic E-state index is 7.33. The second kappa shape index (κ2) is 28.5. The molecule has 0 aliphatic rings. The second-order valence-corrected chi connectivity index (χ2v) is 0.183. The van der Waals surface area contributed by atoms with Crippen molar-refractivity contribution in [3.05, 3.63) is 20.3 Å². The summed E-state index contributed by atoms with van der Waals surface area (Å²) >= 11 is 0. The molecule has 0 bridgehead atoms. The van der Waals surface area contributed by atoms with Crippen molar-refractivity contribution >= 4 is 0 Å². The van der Waals surface area contributed by atoms with Crippen LogP contribution in [0.4, 0.5) is 0 Å². The van der Waals surface area contributed by atoms with Gasteiger partial charge in [0.25, 0.3) is 0 Å². The monoisotopic (exact) mass is 326 g/mol. The first-order valence-electron chi connectivity index (χ1n) is 0.666. The van der Waals surface area contributed by atoms with Gasteiger partial charge in [-0.15, -0.1) is 0 Å². The van der Waals surface area contributed by atoms with Gasteiger partial charge in [0.2, 0.25) is 0 Å². The third kappa shape index (κ3) is 0.347. The molecule has 0 heterocycles. The Hall–Kier alpha value is -1.46. The molecule has 0 amide bonds. The van der Waals surface area contributed by atoms with Crippen LogP contribution in [0.15, 0.2) is 12.8 Å². The topological polar surface area (TPSA) is 20.2 Å². The maximum atomic E-state index is 7.33. The smallest absolute Gasteiger partial charge is 0.0719 e. The summed E-state index contributed by atoms with van der Waals surface area (Å²) in [5, 5.41) is 7.33. The molecule has 0 radical (unpaired) electrons. The molecule has 0 atom stereocenters. The summed E-state index contributed by atoms with van der Waals surface area (Å²) in [5.74, 6) is 0. The molecule has 0 rings (SSSR count). The summed E-state index contributed by atoms with van der Waals surface area (Å²) in [7, 11) is 0. The second-order valence-electron chi connectivity index (χ2n) is 0.183. The molecule has 0 saturated heterocycles. The average molecular weight is 326 g/mol. The van der Waals surface area contributed by atoms with E-state index in [0.29, 0.717) is 0 Å². The summed E-state index contributed by atoms with van der Waals surface area (Å²) in [6.45, 7) is 2.92. The Morgan fingerprint density at radius 1 is 1.60 bits per heavy atom. The summed E-state index contributed by atoms with van der Waals surface area (Å²) in [4.78, 5) is 0. The summed E-state index contributed by atoms with van der Waals surface area (Å²) in [5.41, 5.74) is 0. The minimum atomic E-state index is 0. The van der Waals surface area contributed by atoms with Gasteiger partial charge in [-0.3, -0.25) is 0 Å². The molecule has 0 aromatic rings. The minimum absolute atomic E-state index is 0. The quantitative estimate of drug-likeness (QED) is 0.523. The number of hydrogen-bond acceptors (Lipinski definition) is 1. The molecule has 0 aliphatic carbocycles. The standard InChI is InChI=1S/C2H4O.CH3.Rf/c1-2-3;;/h2-3H,1H2;1H3;/q;-1;. The molecule has 2 heteroatoms. The third-order valence-corrected chi connectivity index (χ3v) is 0. The van der Waals surface area contributed by atoms with Gasteiger partial charge in [-0.25, -0.2) is 0 Å². The Kier molecular flexibility index (Phi) is 446. The summed E-state index contributed by atoms with van der Waals surface area (Å²) < 4.78 is 0. The molecule has 0 unspecified atom stereocenters. The van der Waals surface area contributed by atoms with Crippen LogP contribution in [0, 0.1) is 7.43 Å². The predicted octanol–water partition coefficient (Wildman–Crippen LogP) is 1.14. The zero-order valence-corrected chi connectivity index (χ0v) is 9.84. The molecule has 1 nitrogen and oxygen atoms in total. The maximum Gasteiger partial charge on any atom is 0.0719 e.